The monoisotopic (exact) mass is 358 g/mol. The highest BCUT2D eigenvalue weighted by Gasteiger charge is 2.20. The summed E-state index contributed by atoms with van der Waals surface area (Å²) < 4.78 is 0. The second kappa shape index (κ2) is 8.52. The van der Waals surface area contributed by atoms with Gasteiger partial charge in [0.25, 0.3) is 0 Å². The molecule has 1 saturated heterocycles. The van der Waals surface area contributed by atoms with Gasteiger partial charge in [-0.05, 0) is 31.4 Å². The van der Waals surface area contributed by atoms with Crippen LogP contribution >= 0.6 is 24.8 Å². The summed E-state index contributed by atoms with van der Waals surface area (Å²) in [6, 6.07) is 6.34. The van der Waals surface area contributed by atoms with Crippen molar-refractivity contribution in [1.82, 2.24) is 14.9 Å². The van der Waals surface area contributed by atoms with Crippen LogP contribution in [0.5, 0.6) is 0 Å². The Labute approximate surface area is 148 Å². The van der Waals surface area contributed by atoms with Gasteiger partial charge in [0.1, 0.15) is 5.82 Å². The second-order valence-corrected chi connectivity index (χ2v) is 5.87. The molecule has 2 aromatic rings. The summed E-state index contributed by atoms with van der Waals surface area (Å²) in [4.78, 5) is 22.0. The van der Waals surface area contributed by atoms with Gasteiger partial charge in [-0.3, -0.25) is 4.79 Å². The lowest BCUT2D eigenvalue weighted by Gasteiger charge is -2.30. The van der Waals surface area contributed by atoms with Crippen molar-refractivity contribution >= 4 is 41.8 Å². The summed E-state index contributed by atoms with van der Waals surface area (Å²) >= 11 is 0. The lowest BCUT2D eigenvalue weighted by Crippen LogP contribution is -2.42. The molecule has 3 N–H and O–H groups in total. The van der Waals surface area contributed by atoms with E-state index in [2.05, 4.69) is 23.0 Å². The minimum atomic E-state index is 0. The van der Waals surface area contributed by atoms with E-state index in [1.165, 1.54) is 0 Å². The van der Waals surface area contributed by atoms with Gasteiger partial charge in [-0.15, -0.1) is 24.8 Å². The quantitative estimate of drug-likeness (QED) is 0.885. The number of amides is 1. The van der Waals surface area contributed by atoms with Gasteiger partial charge in [0.15, 0.2) is 0 Å². The van der Waals surface area contributed by atoms with Crippen LogP contribution in [0.25, 0.3) is 11.0 Å². The first-order chi connectivity index (χ1) is 10.1. The van der Waals surface area contributed by atoms with E-state index >= 15 is 0 Å². The van der Waals surface area contributed by atoms with E-state index in [9.17, 15) is 4.79 Å². The number of fused-ring (bicyclic) bond motifs is 1. The number of nitrogens with zero attached hydrogens (tertiary/aromatic N) is 2. The maximum Gasteiger partial charge on any atom is 0.223 e. The lowest BCUT2D eigenvalue weighted by atomic mass is 10.1. The zero-order valence-corrected chi connectivity index (χ0v) is 14.9. The van der Waals surface area contributed by atoms with Crippen molar-refractivity contribution in [2.45, 2.75) is 38.6 Å². The third-order valence-electron chi connectivity index (χ3n) is 4.23. The molecule has 7 heteroatoms. The number of likely N-dealkylation sites (tertiary alicyclic amines) is 1. The van der Waals surface area contributed by atoms with Gasteiger partial charge in [0.2, 0.25) is 5.91 Å². The number of halogens is 2. The van der Waals surface area contributed by atoms with Gasteiger partial charge in [-0.2, -0.15) is 0 Å². The van der Waals surface area contributed by atoms with Crippen molar-refractivity contribution in [3.05, 3.63) is 29.6 Å². The van der Waals surface area contributed by atoms with Gasteiger partial charge >= 0.3 is 0 Å². The number of aryl methyl sites for hydroxylation is 2. The third kappa shape index (κ3) is 4.59. The summed E-state index contributed by atoms with van der Waals surface area (Å²) in [5.74, 6) is 1.10. The minimum Gasteiger partial charge on any atom is -0.343 e. The summed E-state index contributed by atoms with van der Waals surface area (Å²) in [7, 11) is 0. The Morgan fingerprint density at radius 1 is 1.35 bits per heavy atom. The number of rotatable bonds is 3. The van der Waals surface area contributed by atoms with Crippen LogP contribution in [-0.4, -0.2) is 39.9 Å². The van der Waals surface area contributed by atoms with E-state index in [1.54, 1.807) is 0 Å². The summed E-state index contributed by atoms with van der Waals surface area (Å²) in [6.07, 6.45) is 2.99. The fraction of sp³-hybridized carbons (Fsp3) is 0.500. The predicted octanol–water partition coefficient (Wildman–Crippen LogP) is 2.60. The molecule has 1 aromatic heterocycles. The number of para-hydroxylation sites is 1. The molecule has 0 bridgehead atoms. The number of hydrogen-bond acceptors (Lipinski definition) is 3. The van der Waals surface area contributed by atoms with E-state index in [-0.39, 0.29) is 36.8 Å². The van der Waals surface area contributed by atoms with Crippen molar-refractivity contribution in [1.29, 1.82) is 0 Å². The van der Waals surface area contributed by atoms with Crippen molar-refractivity contribution in [2.24, 2.45) is 5.73 Å². The first-order valence-electron chi connectivity index (χ1n) is 7.61. The van der Waals surface area contributed by atoms with Crippen molar-refractivity contribution < 1.29 is 4.79 Å². The number of H-pyrrole nitrogens is 1. The van der Waals surface area contributed by atoms with Gasteiger partial charge in [0, 0.05) is 32.0 Å². The van der Waals surface area contributed by atoms with E-state index in [0.29, 0.717) is 12.8 Å². The summed E-state index contributed by atoms with van der Waals surface area (Å²) in [5.41, 5.74) is 9.07. The molecule has 1 amide bonds. The molecule has 0 saturated carbocycles. The average molecular weight is 359 g/mol. The number of piperidine rings is 1. The highest BCUT2D eigenvalue weighted by molar-refractivity contribution is 5.85. The molecule has 128 valence electrons. The molecular weight excluding hydrogens is 335 g/mol. The molecule has 5 nitrogen and oxygen atoms in total. The molecule has 0 atom stereocenters. The number of nitrogens with one attached hydrogen (secondary N) is 1. The van der Waals surface area contributed by atoms with Crippen LogP contribution in [0, 0.1) is 6.92 Å². The zero-order valence-electron chi connectivity index (χ0n) is 13.2. The van der Waals surface area contributed by atoms with Crippen LogP contribution in [0.4, 0.5) is 0 Å². The first-order valence-corrected chi connectivity index (χ1v) is 7.61. The van der Waals surface area contributed by atoms with Crippen molar-refractivity contribution in [3.63, 3.8) is 0 Å². The zero-order chi connectivity index (χ0) is 14.8. The van der Waals surface area contributed by atoms with Crippen molar-refractivity contribution in [3.8, 4) is 0 Å². The second-order valence-electron chi connectivity index (χ2n) is 5.87. The molecule has 0 spiro atoms. The van der Waals surface area contributed by atoms with Crippen LogP contribution in [0.15, 0.2) is 18.2 Å². The van der Waals surface area contributed by atoms with Gasteiger partial charge in [0.05, 0.1) is 11.0 Å². The standard InChI is InChI=1S/C16H22N4O.2ClH/c1-11-3-2-4-13-16(11)19-14(18-13)5-6-15(21)20-9-7-12(17)8-10-20;;/h2-4,12H,5-10,17H2,1H3,(H,18,19);2*1H. The van der Waals surface area contributed by atoms with Crippen LogP contribution in [0.2, 0.25) is 0 Å². The fourth-order valence-electron chi connectivity index (χ4n) is 2.88. The van der Waals surface area contributed by atoms with E-state index < -0.39 is 0 Å². The van der Waals surface area contributed by atoms with Crippen LogP contribution in [-0.2, 0) is 11.2 Å². The SMILES string of the molecule is Cc1cccc2[nH]c(CCC(=O)N3CCC(N)CC3)nc12.Cl.Cl. The van der Waals surface area contributed by atoms with Crippen LogP contribution in [0.1, 0.15) is 30.7 Å². The molecule has 1 fully saturated rings. The Morgan fingerprint density at radius 2 is 2.04 bits per heavy atom. The number of carbonyl (C=O) groups is 1. The largest absolute Gasteiger partial charge is 0.343 e. The molecule has 3 rings (SSSR count). The highest BCUT2D eigenvalue weighted by Crippen LogP contribution is 2.17. The Morgan fingerprint density at radius 3 is 2.70 bits per heavy atom. The Balaban J connectivity index is 0.00000132. The minimum absolute atomic E-state index is 0. The number of hydrogen-bond donors (Lipinski definition) is 2. The summed E-state index contributed by atoms with van der Waals surface area (Å²) in [6.45, 7) is 3.63. The Kier molecular flexibility index (Phi) is 7.32. The normalized spacial score (nSPS) is 15.1. The van der Waals surface area contributed by atoms with Gasteiger partial charge in [-0.1, -0.05) is 12.1 Å². The number of carbonyl (C=O) groups excluding carboxylic acids is 1. The average Bonchev–Trinajstić information content (AvgIpc) is 2.90. The van der Waals surface area contributed by atoms with Gasteiger partial charge < -0.3 is 15.6 Å². The lowest BCUT2D eigenvalue weighted by molar-refractivity contribution is -0.132. The van der Waals surface area contributed by atoms with E-state index in [4.69, 9.17) is 5.73 Å². The molecular formula is C16H24Cl2N4O. The molecule has 2 heterocycles. The molecule has 1 aliphatic heterocycles. The summed E-state index contributed by atoms with van der Waals surface area (Å²) in [5, 5.41) is 0. The maximum atomic E-state index is 12.2. The topological polar surface area (TPSA) is 75.0 Å². The Hall–Kier alpha value is -1.30. The number of aromatic amines is 1. The molecule has 0 radical (unpaired) electrons. The maximum absolute atomic E-state index is 12.2. The van der Waals surface area contributed by atoms with Crippen molar-refractivity contribution in [2.75, 3.05) is 13.1 Å². The van der Waals surface area contributed by atoms with Gasteiger partial charge in [-0.25, -0.2) is 4.98 Å². The number of benzene rings is 1. The number of nitrogens with two attached hydrogens (primary N) is 1. The smallest absolute Gasteiger partial charge is 0.223 e. The third-order valence-corrected chi connectivity index (χ3v) is 4.23. The molecule has 0 aliphatic carbocycles. The van der Waals surface area contributed by atoms with Crippen LogP contribution < -0.4 is 5.73 Å². The molecule has 1 aromatic carbocycles. The first kappa shape index (κ1) is 19.7. The molecule has 0 unspecified atom stereocenters. The van der Waals surface area contributed by atoms with E-state index in [0.717, 1.165) is 48.4 Å². The molecule has 1 aliphatic rings. The fourth-order valence-corrected chi connectivity index (χ4v) is 2.88. The molecule has 23 heavy (non-hydrogen) atoms. The van der Waals surface area contributed by atoms with Crippen LogP contribution in [0.3, 0.4) is 0 Å². The van der Waals surface area contributed by atoms with E-state index in [1.807, 2.05) is 17.0 Å². The highest BCUT2D eigenvalue weighted by atomic mass is 35.5. The number of aromatic nitrogens is 2. The predicted molar refractivity (Wildman–Crippen MR) is 97.4 cm³/mol. The number of imidazole rings is 1. The Bertz CT molecular complexity index is 651.